The SMILES string of the molecule is Cc1noc([C@@H](C)N2CCN(CC(=O)N3CCO[C@@H](C)C3)CC2)n1. The molecule has 24 heavy (non-hydrogen) atoms. The van der Waals surface area contributed by atoms with E-state index in [1.165, 1.54) is 0 Å². The van der Waals surface area contributed by atoms with Gasteiger partial charge in [0.2, 0.25) is 11.8 Å². The number of morpholine rings is 1. The monoisotopic (exact) mass is 337 g/mol. The van der Waals surface area contributed by atoms with Crippen LogP contribution in [0.4, 0.5) is 0 Å². The van der Waals surface area contributed by atoms with Crippen molar-refractivity contribution in [3.8, 4) is 0 Å². The van der Waals surface area contributed by atoms with E-state index in [4.69, 9.17) is 9.26 Å². The van der Waals surface area contributed by atoms with Crippen LogP contribution in [0.3, 0.4) is 0 Å². The third-order valence-electron chi connectivity index (χ3n) is 4.81. The molecular formula is C16H27N5O3. The molecule has 0 bridgehead atoms. The zero-order valence-electron chi connectivity index (χ0n) is 14.8. The summed E-state index contributed by atoms with van der Waals surface area (Å²) in [4.78, 5) is 23.2. The number of hydrogen-bond donors (Lipinski definition) is 0. The van der Waals surface area contributed by atoms with Crippen molar-refractivity contribution in [2.45, 2.75) is 32.9 Å². The molecule has 8 heteroatoms. The number of aromatic nitrogens is 2. The minimum atomic E-state index is 0.115. The molecule has 0 N–H and O–H groups in total. The van der Waals surface area contributed by atoms with E-state index >= 15 is 0 Å². The van der Waals surface area contributed by atoms with Crippen LogP contribution in [-0.2, 0) is 9.53 Å². The Kier molecular flexibility index (Phi) is 5.47. The average Bonchev–Trinajstić information content (AvgIpc) is 3.01. The van der Waals surface area contributed by atoms with Gasteiger partial charge in [0.1, 0.15) is 0 Å². The molecule has 0 saturated carbocycles. The first kappa shape index (κ1) is 17.3. The highest BCUT2D eigenvalue weighted by atomic mass is 16.5. The van der Waals surface area contributed by atoms with Crippen LogP contribution in [0.15, 0.2) is 4.52 Å². The second-order valence-electron chi connectivity index (χ2n) is 6.69. The summed E-state index contributed by atoms with van der Waals surface area (Å²) >= 11 is 0. The Hall–Kier alpha value is -1.51. The molecule has 1 amide bonds. The molecule has 0 aliphatic carbocycles. The first-order valence-electron chi connectivity index (χ1n) is 8.69. The summed E-state index contributed by atoms with van der Waals surface area (Å²) in [6.07, 6.45) is 0.137. The van der Waals surface area contributed by atoms with Crippen LogP contribution in [-0.4, -0.2) is 89.3 Å². The highest BCUT2D eigenvalue weighted by molar-refractivity contribution is 5.78. The van der Waals surface area contributed by atoms with Crippen molar-refractivity contribution in [3.63, 3.8) is 0 Å². The van der Waals surface area contributed by atoms with Gasteiger partial charge in [-0.25, -0.2) is 0 Å². The lowest BCUT2D eigenvalue weighted by atomic mass is 10.2. The Labute approximate surface area is 142 Å². The second kappa shape index (κ2) is 7.58. The maximum Gasteiger partial charge on any atom is 0.243 e. The lowest BCUT2D eigenvalue weighted by molar-refractivity contribution is -0.139. The first-order chi connectivity index (χ1) is 11.5. The van der Waals surface area contributed by atoms with E-state index in [-0.39, 0.29) is 18.1 Å². The molecule has 2 fully saturated rings. The average molecular weight is 337 g/mol. The molecule has 0 aromatic carbocycles. The van der Waals surface area contributed by atoms with E-state index in [0.29, 0.717) is 38.0 Å². The fraction of sp³-hybridized carbons (Fsp3) is 0.812. The van der Waals surface area contributed by atoms with Crippen LogP contribution < -0.4 is 0 Å². The minimum Gasteiger partial charge on any atom is -0.375 e. The number of hydrogen-bond acceptors (Lipinski definition) is 7. The van der Waals surface area contributed by atoms with Gasteiger partial charge in [-0.05, 0) is 20.8 Å². The molecule has 0 radical (unpaired) electrons. The van der Waals surface area contributed by atoms with E-state index in [0.717, 1.165) is 26.2 Å². The molecule has 3 rings (SSSR count). The van der Waals surface area contributed by atoms with E-state index in [9.17, 15) is 4.79 Å². The largest absolute Gasteiger partial charge is 0.375 e. The number of piperazine rings is 1. The molecule has 1 aromatic heterocycles. The van der Waals surface area contributed by atoms with Crippen LogP contribution in [0.25, 0.3) is 0 Å². The van der Waals surface area contributed by atoms with Crippen molar-refractivity contribution < 1.29 is 14.1 Å². The predicted molar refractivity (Wildman–Crippen MR) is 87.5 cm³/mol. The number of carbonyl (C=O) groups excluding carboxylic acids is 1. The number of aryl methyl sites for hydroxylation is 1. The maximum absolute atomic E-state index is 12.4. The third kappa shape index (κ3) is 4.12. The molecule has 8 nitrogen and oxygen atoms in total. The summed E-state index contributed by atoms with van der Waals surface area (Å²) in [5, 5.41) is 3.86. The van der Waals surface area contributed by atoms with Crippen LogP contribution in [0.5, 0.6) is 0 Å². The van der Waals surface area contributed by atoms with Crippen molar-refractivity contribution in [2.75, 3.05) is 52.4 Å². The normalized spacial score (nSPS) is 25.0. The Morgan fingerprint density at radius 2 is 2.04 bits per heavy atom. The lowest BCUT2D eigenvalue weighted by Gasteiger charge is -2.38. The Morgan fingerprint density at radius 3 is 2.67 bits per heavy atom. The number of rotatable bonds is 4. The van der Waals surface area contributed by atoms with E-state index in [2.05, 4.69) is 26.9 Å². The van der Waals surface area contributed by atoms with Crippen molar-refractivity contribution in [3.05, 3.63) is 11.7 Å². The van der Waals surface area contributed by atoms with Crippen molar-refractivity contribution >= 4 is 5.91 Å². The van der Waals surface area contributed by atoms with Gasteiger partial charge in [-0.15, -0.1) is 0 Å². The maximum atomic E-state index is 12.4. The lowest BCUT2D eigenvalue weighted by Crippen LogP contribution is -2.52. The predicted octanol–water partition coefficient (Wildman–Crippen LogP) is 0.304. The number of ether oxygens (including phenoxy) is 1. The summed E-state index contributed by atoms with van der Waals surface area (Å²) in [5.41, 5.74) is 0. The summed E-state index contributed by atoms with van der Waals surface area (Å²) < 4.78 is 10.8. The molecule has 0 unspecified atom stereocenters. The number of amides is 1. The Bertz CT molecular complexity index is 556. The Balaban J connectivity index is 1.45. The fourth-order valence-electron chi connectivity index (χ4n) is 3.28. The van der Waals surface area contributed by atoms with Crippen LogP contribution in [0, 0.1) is 6.92 Å². The molecule has 2 aliphatic rings. The molecule has 0 spiro atoms. The minimum absolute atomic E-state index is 0.115. The number of nitrogens with zero attached hydrogens (tertiary/aromatic N) is 5. The van der Waals surface area contributed by atoms with Gasteiger partial charge in [-0.3, -0.25) is 14.6 Å². The van der Waals surface area contributed by atoms with Gasteiger partial charge in [-0.2, -0.15) is 4.98 Å². The molecule has 2 aliphatic heterocycles. The van der Waals surface area contributed by atoms with Crippen molar-refractivity contribution in [2.24, 2.45) is 0 Å². The summed E-state index contributed by atoms with van der Waals surface area (Å²) in [7, 11) is 0. The summed E-state index contributed by atoms with van der Waals surface area (Å²) in [5.74, 6) is 1.54. The highest BCUT2D eigenvalue weighted by Crippen LogP contribution is 2.20. The summed E-state index contributed by atoms with van der Waals surface area (Å²) in [6, 6.07) is 0.115. The van der Waals surface area contributed by atoms with E-state index in [1.54, 1.807) is 0 Å². The van der Waals surface area contributed by atoms with Crippen LogP contribution in [0.2, 0.25) is 0 Å². The third-order valence-corrected chi connectivity index (χ3v) is 4.81. The van der Waals surface area contributed by atoms with E-state index < -0.39 is 0 Å². The molecule has 134 valence electrons. The standard InChI is InChI=1S/C16H27N5O3/c1-12-10-21(8-9-23-12)15(22)11-19-4-6-20(7-5-19)13(2)16-17-14(3)18-24-16/h12-13H,4-11H2,1-3H3/t12-,13+/m0/s1. The van der Waals surface area contributed by atoms with Gasteiger partial charge in [0.25, 0.3) is 0 Å². The van der Waals surface area contributed by atoms with Crippen LogP contribution in [0.1, 0.15) is 31.6 Å². The summed E-state index contributed by atoms with van der Waals surface area (Å²) in [6.45, 7) is 12.0. The van der Waals surface area contributed by atoms with Gasteiger partial charge in [0.05, 0.1) is 25.3 Å². The zero-order chi connectivity index (χ0) is 17.1. The van der Waals surface area contributed by atoms with Gasteiger partial charge < -0.3 is 14.2 Å². The smallest absolute Gasteiger partial charge is 0.243 e. The quantitative estimate of drug-likeness (QED) is 0.782. The Morgan fingerprint density at radius 1 is 1.29 bits per heavy atom. The molecule has 1 aromatic rings. The highest BCUT2D eigenvalue weighted by Gasteiger charge is 2.28. The van der Waals surface area contributed by atoms with Gasteiger partial charge >= 0.3 is 0 Å². The fourth-order valence-corrected chi connectivity index (χ4v) is 3.28. The van der Waals surface area contributed by atoms with Gasteiger partial charge in [-0.1, -0.05) is 5.16 Å². The van der Waals surface area contributed by atoms with Crippen LogP contribution >= 0.6 is 0 Å². The second-order valence-corrected chi connectivity index (χ2v) is 6.69. The van der Waals surface area contributed by atoms with Crippen molar-refractivity contribution in [1.29, 1.82) is 0 Å². The molecule has 2 saturated heterocycles. The van der Waals surface area contributed by atoms with Gasteiger partial charge in [0, 0.05) is 39.3 Å². The molecule has 3 heterocycles. The first-order valence-corrected chi connectivity index (χ1v) is 8.69. The zero-order valence-corrected chi connectivity index (χ0v) is 14.8. The molecule has 2 atom stereocenters. The van der Waals surface area contributed by atoms with Crippen molar-refractivity contribution in [1.82, 2.24) is 24.8 Å². The number of carbonyl (C=O) groups is 1. The topological polar surface area (TPSA) is 74.9 Å². The molecular weight excluding hydrogens is 310 g/mol. The van der Waals surface area contributed by atoms with Gasteiger partial charge in [0.15, 0.2) is 5.82 Å². The van der Waals surface area contributed by atoms with E-state index in [1.807, 2.05) is 18.7 Å².